The van der Waals surface area contributed by atoms with E-state index in [2.05, 4.69) is 0 Å². The Kier molecular flexibility index (Phi) is 4.72. The first-order valence-electron chi connectivity index (χ1n) is 8.78. The third-order valence-electron chi connectivity index (χ3n) is 4.74. The van der Waals surface area contributed by atoms with Gasteiger partial charge in [0.05, 0.1) is 13.2 Å². The summed E-state index contributed by atoms with van der Waals surface area (Å²) in [4.78, 5) is 13.0. The molecule has 1 spiro atoms. The van der Waals surface area contributed by atoms with Crippen molar-refractivity contribution in [3.05, 3.63) is 82.4 Å². The molecule has 0 unspecified atom stereocenters. The van der Waals surface area contributed by atoms with Crippen molar-refractivity contribution in [3.63, 3.8) is 0 Å². The number of Topliss-reactive ketones (excluding diaryl/α,β-unsaturated/α-hetero) is 1. The third-order valence-corrected chi connectivity index (χ3v) is 4.74. The van der Waals surface area contributed by atoms with Gasteiger partial charge in [-0.2, -0.15) is 0 Å². The molecule has 2 aromatic rings. The number of hydrogen-bond donors (Lipinski definition) is 0. The van der Waals surface area contributed by atoms with Crippen molar-refractivity contribution in [2.24, 2.45) is 0 Å². The highest BCUT2D eigenvalue weighted by Crippen LogP contribution is 2.40. The molecule has 5 heteroatoms. The van der Waals surface area contributed by atoms with Gasteiger partial charge in [-0.3, -0.25) is 4.79 Å². The summed E-state index contributed by atoms with van der Waals surface area (Å²) in [6, 6.07) is 11.9. The first-order chi connectivity index (χ1) is 13.0. The van der Waals surface area contributed by atoms with Gasteiger partial charge in [0, 0.05) is 24.0 Å². The van der Waals surface area contributed by atoms with Gasteiger partial charge in [0.2, 0.25) is 0 Å². The van der Waals surface area contributed by atoms with Crippen LogP contribution in [-0.4, -0.2) is 24.8 Å². The van der Waals surface area contributed by atoms with Gasteiger partial charge in [0.25, 0.3) is 0 Å². The first kappa shape index (κ1) is 17.8. The van der Waals surface area contributed by atoms with E-state index in [0.29, 0.717) is 37.2 Å². The molecule has 1 aliphatic heterocycles. The van der Waals surface area contributed by atoms with E-state index >= 15 is 0 Å². The second-order valence-corrected chi connectivity index (χ2v) is 6.73. The Bertz CT molecular complexity index is 836. The van der Waals surface area contributed by atoms with E-state index in [4.69, 9.17) is 9.47 Å². The van der Waals surface area contributed by atoms with Crippen LogP contribution in [-0.2, 0) is 14.3 Å². The van der Waals surface area contributed by atoms with Gasteiger partial charge in [-0.1, -0.05) is 24.3 Å². The highest BCUT2D eigenvalue weighted by atomic mass is 19.1. The predicted molar refractivity (Wildman–Crippen MR) is 97.6 cm³/mol. The molecule has 4 rings (SSSR count). The molecule has 1 aliphatic carbocycles. The third kappa shape index (κ3) is 3.89. The van der Waals surface area contributed by atoms with Gasteiger partial charge in [0.15, 0.2) is 11.6 Å². The van der Waals surface area contributed by atoms with Crippen molar-refractivity contribution >= 4 is 17.9 Å². The Morgan fingerprint density at radius 3 is 1.56 bits per heavy atom. The van der Waals surface area contributed by atoms with Crippen molar-refractivity contribution in [2.45, 2.75) is 18.6 Å². The molecule has 1 heterocycles. The van der Waals surface area contributed by atoms with E-state index < -0.39 is 5.79 Å². The molecule has 138 valence electrons. The molecule has 27 heavy (non-hydrogen) atoms. The zero-order valence-electron chi connectivity index (χ0n) is 14.6. The topological polar surface area (TPSA) is 35.5 Å². The maximum absolute atomic E-state index is 13.2. The SMILES string of the molecule is O=C1/C(=C\c2ccc(F)cc2)CC2(C/C1=C/c1ccc(F)cc1)OCCO2. The van der Waals surface area contributed by atoms with Crippen LogP contribution in [0.2, 0.25) is 0 Å². The van der Waals surface area contributed by atoms with E-state index in [-0.39, 0.29) is 17.4 Å². The summed E-state index contributed by atoms with van der Waals surface area (Å²) in [5.41, 5.74) is 2.55. The fourth-order valence-corrected chi connectivity index (χ4v) is 3.46. The maximum Gasteiger partial charge on any atom is 0.185 e. The van der Waals surface area contributed by atoms with Crippen LogP contribution in [0.5, 0.6) is 0 Å². The maximum atomic E-state index is 13.2. The Morgan fingerprint density at radius 2 is 1.15 bits per heavy atom. The van der Waals surface area contributed by atoms with Crippen molar-refractivity contribution in [1.82, 2.24) is 0 Å². The summed E-state index contributed by atoms with van der Waals surface area (Å²) in [5.74, 6) is -1.62. The van der Waals surface area contributed by atoms with E-state index in [1.807, 2.05) is 0 Å². The van der Waals surface area contributed by atoms with Crippen molar-refractivity contribution in [2.75, 3.05) is 13.2 Å². The van der Waals surface area contributed by atoms with Crippen molar-refractivity contribution in [1.29, 1.82) is 0 Å². The normalized spacial score (nSPS) is 22.1. The van der Waals surface area contributed by atoms with Crippen molar-refractivity contribution in [3.8, 4) is 0 Å². The molecule has 2 aliphatic rings. The van der Waals surface area contributed by atoms with Crippen LogP contribution in [0.1, 0.15) is 24.0 Å². The largest absolute Gasteiger partial charge is 0.347 e. The summed E-state index contributed by atoms with van der Waals surface area (Å²) in [7, 11) is 0. The molecular formula is C22H18F2O3. The number of ether oxygens (including phenoxy) is 2. The molecular weight excluding hydrogens is 350 g/mol. The summed E-state index contributed by atoms with van der Waals surface area (Å²) < 4.78 is 38.0. The second kappa shape index (κ2) is 7.18. The van der Waals surface area contributed by atoms with Crippen LogP contribution in [0, 0.1) is 11.6 Å². The molecule has 0 bridgehead atoms. The lowest BCUT2D eigenvalue weighted by atomic mass is 9.82. The number of halogens is 2. The average molecular weight is 368 g/mol. The Morgan fingerprint density at radius 1 is 0.741 bits per heavy atom. The van der Waals surface area contributed by atoms with Gasteiger partial charge in [-0.25, -0.2) is 8.78 Å². The van der Waals surface area contributed by atoms with E-state index in [9.17, 15) is 13.6 Å². The van der Waals surface area contributed by atoms with Crippen LogP contribution >= 0.6 is 0 Å². The summed E-state index contributed by atoms with van der Waals surface area (Å²) in [5, 5.41) is 0. The zero-order chi connectivity index (χ0) is 18.9. The lowest BCUT2D eigenvalue weighted by Gasteiger charge is -2.33. The molecule has 0 atom stereocenters. The molecule has 0 aromatic heterocycles. The lowest BCUT2D eigenvalue weighted by molar-refractivity contribution is -0.161. The van der Waals surface area contributed by atoms with Crippen LogP contribution in [0.3, 0.4) is 0 Å². The van der Waals surface area contributed by atoms with Crippen LogP contribution in [0.25, 0.3) is 12.2 Å². The zero-order valence-corrected chi connectivity index (χ0v) is 14.6. The highest BCUT2D eigenvalue weighted by molar-refractivity contribution is 6.14. The van der Waals surface area contributed by atoms with E-state index in [1.54, 1.807) is 36.4 Å². The standard InChI is InChI=1S/C22H18F2O3/c23-19-5-1-15(2-6-19)11-17-13-22(26-9-10-27-22)14-18(21(17)25)12-16-3-7-20(24)8-4-16/h1-8,11-12H,9-10,13-14H2/b17-11-,18-12-. The number of hydrogen-bond acceptors (Lipinski definition) is 3. The summed E-state index contributed by atoms with van der Waals surface area (Å²) >= 11 is 0. The number of carbonyl (C=O) groups is 1. The van der Waals surface area contributed by atoms with Crippen LogP contribution < -0.4 is 0 Å². The van der Waals surface area contributed by atoms with Gasteiger partial charge in [-0.15, -0.1) is 0 Å². The monoisotopic (exact) mass is 368 g/mol. The lowest BCUT2D eigenvalue weighted by Crippen LogP contribution is -2.38. The molecule has 3 nitrogen and oxygen atoms in total. The number of carbonyl (C=O) groups excluding carboxylic acids is 1. The van der Waals surface area contributed by atoms with Gasteiger partial charge in [0.1, 0.15) is 11.6 Å². The molecule has 1 saturated heterocycles. The van der Waals surface area contributed by atoms with Crippen LogP contribution in [0.15, 0.2) is 59.7 Å². The smallest absolute Gasteiger partial charge is 0.185 e. The van der Waals surface area contributed by atoms with Gasteiger partial charge >= 0.3 is 0 Å². The Labute approximate surface area is 155 Å². The molecule has 2 fully saturated rings. The predicted octanol–water partition coefficient (Wildman–Crippen LogP) is 4.54. The fraction of sp³-hybridized carbons (Fsp3) is 0.227. The van der Waals surface area contributed by atoms with E-state index in [0.717, 1.165) is 11.1 Å². The molecule has 1 saturated carbocycles. The highest BCUT2D eigenvalue weighted by Gasteiger charge is 2.44. The number of ketones is 1. The number of rotatable bonds is 2. The minimum absolute atomic E-state index is 0.103. The quantitative estimate of drug-likeness (QED) is 0.730. The molecule has 0 amide bonds. The minimum Gasteiger partial charge on any atom is -0.347 e. The van der Waals surface area contributed by atoms with Crippen molar-refractivity contribution < 1.29 is 23.0 Å². The van der Waals surface area contributed by atoms with Crippen LogP contribution in [0.4, 0.5) is 8.78 Å². The average Bonchev–Trinajstić information content (AvgIpc) is 3.10. The second-order valence-electron chi connectivity index (χ2n) is 6.73. The minimum atomic E-state index is -0.856. The fourth-order valence-electron chi connectivity index (χ4n) is 3.46. The number of benzene rings is 2. The first-order valence-corrected chi connectivity index (χ1v) is 8.78. The van der Waals surface area contributed by atoms with Gasteiger partial charge < -0.3 is 9.47 Å². The molecule has 2 aromatic carbocycles. The van der Waals surface area contributed by atoms with E-state index in [1.165, 1.54) is 24.3 Å². The Hall–Kier alpha value is -2.63. The van der Waals surface area contributed by atoms with Gasteiger partial charge in [-0.05, 0) is 47.5 Å². The summed E-state index contributed by atoms with van der Waals surface area (Å²) in [6.45, 7) is 0.948. The molecule has 0 N–H and O–H groups in total. The summed E-state index contributed by atoms with van der Waals surface area (Å²) in [6.07, 6.45) is 4.16. The Balaban J connectivity index is 1.71. The molecule has 0 radical (unpaired) electrons.